The molecule has 0 N–H and O–H groups in total. The summed E-state index contributed by atoms with van der Waals surface area (Å²) in [4.78, 5) is 0. The van der Waals surface area contributed by atoms with Crippen molar-refractivity contribution in [3.63, 3.8) is 0 Å². The molecule has 0 saturated heterocycles. The van der Waals surface area contributed by atoms with Crippen LogP contribution in [0.5, 0.6) is 0 Å². The summed E-state index contributed by atoms with van der Waals surface area (Å²) in [6.45, 7) is 9.50. The highest BCUT2D eigenvalue weighted by Crippen LogP contribution is 2.39. The van der Waals surface area contributed by atoms with Gasteiger partial charge in [0.25, 0.3) is 0 Å². The van der Waals surface area contributed by atoms with E-state index in [4.69, 9.17) is 0 Å². The van der Waals surface area contributed by atoms with Crippen molar-refractivity contribution in [1.29, 1.82) is 0 Å². The maximum absolute atomic E-state index is 2.54. The molecule has 0 aliphatic rings. The molecule has 0 bridgehead atoms. The summed E-state index contributed by atoms with van der Waals surface area (Å²) in [5.74, 6) is 0. The first-order valence-electron chi connectivity index (χ1n) is 6.20. The second kappa shape index (κ2) is 6.02. The Balaban J connectivity index is 5.26. The van der Waals surface area contributed by atoms with Gasteiger partial charge in [-0.15, -0.1) is 0 Å². The lowest BCUT2D eigenvalue weighted by molar-refractivity contribution is 0.426. The molecule has 0 aliphatic carbocycles. The average molecular weight is 230 g/mol. The largest absolute Gasteiger partial charge is 0.317 e. The second-order valence-electron chi connectivity index (χ2n) is 5.19. The van der Waals surface area contributed by atoms with E-state index in [0.717, 1.165) is 11.1 Å². The van der Waals surface area contributed by atoms with Crippen LogP contribution in [0.15, 0.2) is 0 Å². The monoisotopic (exact) mass is 230 g/mol. The van der Waals surface area contributed by atoms with E-state index < -0.39 is 8.40 Å². The van der Waals surface area contributed by atoms with Crippen LogP contribution in [0.2, 0.25) is 11.1 Å². The molecule has 0 spiro atoms. The Kier molecular flexibility index (Phi) is 6.07. The summed E-state index contributed by atoms with van der Waals surface area (Å²) in [6.07, 6.45) is 2.57. The van der Waals surface area contributed by atoms with Gasteiger partial charge in [-0.3, -0.25) is 0 Å². The first-order valence-corrected chi connectivity index (χ1v) is 8.25. The maximum Gasteiger partial charge on any atom is 0.211 e. The minimum Gasteiger partial charge on any atom is -0.317 e. The molecule has 2 atom stereocenters. The third kappa shape index (κ3) is 2.63. The average Bonchev–Trinajstić information content (AvgIpc) is 2.16. The molecule has 0 heterocycles. The van der Waals surface area contributed by atoms with Crippen molar-refractivity contribution in [2.45, 2.75) is 51.6 Å². The summed E-state index contributed by atoms with van der Waals surface area (Å²) >= 11 is 0. The summed E-state index contributed by atoms with van der Waals surface area (Å²) in [5.41, 5.74) is 1.63. The smallest absolute Gasteiger partial charge is 0.211 e. The van der Waals surface area contributed by atoms with Gasteiger partial charge in [-0.2, -0.15) is 0 Å². The lowest BCUT2D eigenvalue weighted by Gasteiger charge is -2.50. The molecule has 92 valence electrons. The summed E-state index contributed by atoms with van der Waals surface area (Å²) in [6, 6.07) is 0. The highest BCUT2D eigenvalue weighted by molar-refractivity contribution is 6.77. The van der Waals surface area contributed by atoms with Gasteiger partial charge in [0.05, 0.1) is 0 Å². The first-order chi connectivity index (χ1) is 6.85. The number of nitrogens with zero attached hydrogens (tertiary/aromatic N) is 2. The van der Waals surface area contributed by atoms with Crippen molar-refractivity contribution in [2.24, 2.45) is 0 Å². The molecule has 2 nitrogen and oxygen atoms in total. The van der Waals surface area contributed by atoms with Crippen LogP contribution < -0.4 is 0 Å². The first kappa shape index (κ1) is 15.1. The third-order valence-corrected chi connectivity index (χ3v) is 10.7. The predicted molar refractivity (Wildman–Crippen MR) is 72.6 cm³/mol. The SMILES string of the molecule is CCC(C)[Si](C(C)CC)(N(C)C)N(C)C. The fourth-order valence-electron chi connectivity index (χ4n) is 3.25. The molecule has 0 aromatic rings. The molecule has 0 aromatic carbocycles. The molecule has 15 heavy (non-hydrogen) atoms. The highest BCUT2D eigenvalue weighted by Gasteiger charge is 2.47. The Hall–Kier alpha value is 0.137. The van der Waals surface area contributed by atoms with Gasteiger partial charge in [-0.05, 0) is 39.3 Å². The Labute approximate surface area is 97.8 Å². The number of rotatable bonds is 6. The molecule has 3 heteroatoms. The summed E-state index contributed by atoms with van der Waals surface area (Å²) in [7, 11) is 7.58. The minimum atomic E-state index is -1.49. The van der Waals surface area contributed by atoms with E-state index in [1.165, 1.54) is 12.8 Å². The Morgan fingerprint density at radius 2 is 1.07 bits per heavy atom. The van der Waals surface area contributed by atoms with Crippen LogP contribution in [-0.2, 0) is 0 Å². The van der Waals surface area contributed by atoms with E-state index in [2.05, 4.69) is 65.0 Å². The lowest BCUT2D eigenvalue weighted by Crippen LogP contribution is -2.65. The Morgan fingerprint density at radius 1 is 0.800 bits per heavy atom. The van der Waals surface area contributed by atoms with E-state index in [9.17, 15) is 0 Å². The van der Waals surface area contributed by atoms with Crippen molar-refractivity contribution >= 4 is 8.40 Å². The van der Waals surface area contributed by atoms with E-state index in [0.29, 0.717) is 0 Å². The van der Waals surface area contributed by atoms with Crippen LogP contribution in [-0.4, -0.2) is 45.7 Å². The van der Waals surface area contributed by atoms with Crippen LogP contribution in [0.3, 0.4) is 0 Å². The molecule has 0 amide bonds. The van der Waals surface area contributed by atoms with Gasteiger partial charge in [-0.25, -0.2) is 0 Å². The van der Waals surface area contributed by atoms with Gasteiger partial charge in [-0.1, -0.05) is 40.5 Å². The van der Waals surface area contributed by atoms with Crippen LogP contribution >= 0.6 is 0 Å². The minimum absolute atomic E-state index is 0.817. The molecule has 0 radical (unpaired) electrons. The molecule has 0 fully saturated rings. The van der Waals surface area contributed by atoms with Crippen molar-refractivity contribution in [2.75, 3.05) is 28.2 Å². The molecule has 0 aliphatic heterocycles. The zero-order chi connectivity index (χ0) is 12.2. The van der Waals surface area contributed by atoms with E-state index in [1.807, 2.05) is 0 Å². The van der Waals surface area contributed by atoms with Gasteiger partial charge < -0.3 is 9.13 Å². The summed E-state index contributed by atoms with van der Waals surface area (Å²) in [5, 5.41) is 0. The molecule has 0 saturated carbocycles. The van der Waals surface area contributed by atoms with Crippen molar-refractivity contribution in [3.05, 3.63) is 0 Å². The molecule has 2 unspecified atom stereocenters. The van der Waals surface area contributed by atoms with E-state index in [-0.39, 0.29) is 0 Å². The van der Waals surface area contributed by atoms with Gasteiger partial charge in [0.15, 0.2) is 0 Å². The quantitative estimate of drug-likeness (QED) is 0.647. The van der Waals surface area contributed by atoms with Gasteiger partial charge in [0, 0.05) is 0 Å². The standard InChI is InChI=1S/C12H30N2Si/c1-9-11(3)15(13(5)6,14(7)8)12(4)10-2/h11-12H,9-10H2,1-8H3. The molecular formula is C12H30N2Si. The lowest BCUT2D eigenvalue weighted by atomic mass is 10.3. The van der Waals surface area contributed by atoms with Crippen molar-refractivity contribution in [3.8, 4) is 0 Å². The topological polar surface area (TPSA) is 6.48 Å². The Bertz CT molecular complexity index is 160. The van der Waals surface area contributed by atoms with Crippen molar-refractivity contribution < 1.29 is 0 Å². The maximum atomic E-state index is 2.54. The summed E-state index contributed by atoms with van der Waals surface area (Å²) < 4.78 is 5.07. The molecule has 0 rings (SSSR count). The zero-order valence-corrected chi connectivity index (χ0v) is 13.0. The van der Waals surface area contributed by atoms with E-state index >= 15 is 0 Å². The fourth-order valence-corrected chi connectivity index (χ4v) is 9.75. The predicted octanol–water partition coefficient (Wildman–Crippen LogP) is 3.15. The van der Waals surface area contributed by atoms with Crippen LogP contribution in [0.4, 0.5) is 0 Å². The van der Waals surface area contributed by atoms with Gasteiger partial charge in [0.1, 0.15) is 0 Å². The number of hydrogen-bond donors (Lipinski definition) is 0. The number of hydrogen-bond acceptors (Lipinski definition) is 2. The normalized spacial score (nSPS) is 17.2. The highest BCUT2D eigenvalue weighted by atomic mass is 28.4. The Morgan fingerprint density at radius 3 is 1.20 bits per heavy atom. The van der Waals surface area contributed by atoms with Crippen molar-refractivity contribution in [1.82, 2.24) is 9.13 Å². The third-order valence-electron chi connectivity index (χ3n) is 4.11. The van der Waals surface area contributed by atoms with Gasteiger partial charge in [0.2, 0.25) is 8.40 Å². The van der Waals surface area contributed by atoms with Crippen LogP contribution in [0, 0.1) is 0 Å². The van der Waals surface area contributed by atoms with Crippen LogP contribution in [0.1, 0.15) is 40.5 Å². The zero-order valence-electron chi connectivity index (χ0n) is 12.0. The fraction of sp³-hybridized carbons (Fsp3) is 1.00. The van der Waals surface area contributed by atoms with E-state index in [1.54, 1.807) is 0 Å². The van der Waals surface area contributed by atoms with Gasteiger partial charge >= 0.3 is 0 Å². The second-order valence-corrected chi connectivity index (χ2v) is 10.5. The molecule has 0 aromatic heterocycles. The van der Waals surface area contributed by atoms with Crippen LogP contribution in [0.25, 0.3) is 0 Å². The molecular weight excluding hydrogens is 200 g/mol.